The second-order valence-electron chi connectivity index (χ2n) is 7.26. The monoisotopic (exact) mass is 472 g/mol. The van der Waals surface area contributed by atoms with Crippen molar-refractivity contribution in [2.24, 2.45) is 0 Å². The fraction of sp³-hybridized carbons (Fsp3) is 0.250. The molecule has 0 saturated heterocycles. The van der Waals surface area contributed by atoms with Crippen LogP contribution in [0.15, 0.2) is 47.6 Å². The average molecular weight is 475 g/mol. The van der Waals surface area contributed by atoms with Gasteiger partial charge in [-0.1, -0.05) is 61.4 Å². The molecule has 0 aromatic heterocycles. The Morgan fingerprint density at radius 1 is 0.667 bits per heavy atom. The second-order valence-corrected chi connectivity index (χ2v) is 11.0. The van der Waals surface area contributed by atoms with Crippen LogP contribution in [0.5, 0.6) is 0 Å². The Morgan fingerprint density at radius 3 is 1.41 bits per heavy atom. The first-order valence-electron chi connectivity index (χ1n) is 9.23. The molecule has 0 bridgehead atoms. The van der Waals surface area contributed by atoms with Gasteiger partial charge in [0, 0.05) is 23.7 Å². The Labute approximate surface area is 185 Å². The summed E-state index contributed by atoms with van der Waals surface area (Å²) in [6.07, 6.45) is 20.3. The van der Waals surface area contributed by atoms with Gasteiger partial charge in [-0.25, -0.2) is 0 Å². The zero-order valence-electron chi connectivity index (χ0n) is 16.3. The average Bonchev–Trinajstić information content (AvgIpc) is 3.12. The minimum absolute atomic E-state index is 0.826. The summed E-state index contributed by atoms with van der Waals surface area (Å²) in [7, 11) is 9.87. The zero-order valence-corrected chi connectivity index (χ0v) is 20.3. The summed E-state index contributed by atoms with van der Waals surface area (Å²) < 4.78 is 0. The van der Waals surface area contributed by atoms with E-state index in [9.17, 15) is 0 Å². The summed E-state index contributed by atoms with van der Waals surface area (Å²) in [6.45, 7) is 8.94. The number of allylic oxidation sites excluding steroid dienone is 8. The van der Waals surface area contributed by atoms with Gasteiger partial charge in [0.2, 0.25) is 0 Å². The van der Waals surface area contributed by atoms with E-state index in [0.29, 0.717) is 0 Å². The quantitative estimate of drug-likeness (QED) is 0.404. The number of rotatable bonds is 3. The van der Waals surface area contributed by atoms with E-state index in [1.807, 2.05) is 0 Å². The molecule has 0 aromatic carbocycles. The third-order valence-corrected chi connectivity index (χ3v) is 5.60. The van der Waals surface area contributed by atoms with Crippen molar-refractivity contribution in [3.05, 3.63) is 108 Å². The summed E-state index contributed by atoms with van der Waals surface area (Å²) >= 11 is -0.826. The molecule has 0 atom stereocenters. The number of hydrogen-bond donors (Lipinski definition) is 0. The van der Waals surface area contributed by atoms with Crippen LogP contribution in [0.2, 0.25) is 0 Å². The van der Waals surface area contributed by atoms with E-state index in [-0.39, 0.29) is 0 Å². The van der Waals surface area contributed by atoms with Crippen molar-refractivity contribution >= 4 is 17.0 Å². The van der Waals surface area contributed by atoms with Gasteiger partial charge in [0.25, 0.3) is 0 Å². The van der Waals surface area contributed by atoms with Crippen molar-refractivity contribution in [2.45, 2.75) is 40.5 Å². The molecule has 4 aliphatic carbocycles. The Kier molecular flexibility index (Phi) is 8.15. The van der Waals surface area contributed by atoms with Crippen LogP contribution in [-0.2, 0) is 20.8 Å². The van der Waals surface area contributed by atoms with Gasteiger partial charge in [0.1, 0.15) is 0 Å². The molecule has 2 saturated carbocycles. The van der Waals surface area contributed by atoms with E-state index < -0.39 is 20.8 Å². The molecular weight excluding hydrogens is 450 g/mol. The molecule has 0 aliphatic heterocycles. The van der Waals surface area contributed by atoms with Gasteiger partial charge >= 0.3 is 37.9 Å². The van der Waals surface area contributed by atoms with Crippen molar-refractivity contribution < 1.29 is 20.8 Å². The number of fused-ring (bicyclic) bond motifs is 2. The van der Waals surface area contributed by atoms with Crippen molar-refractivity contribution in [1.82, 2.24) is 0 Å². The first-order chi connectivity index (χ1) is 13.0. The summed E-state index contributed by atoms with van der Waals surface area (Å²) in [6, 6.07) is 0. The Balaban J connectivity index is 0.000000659. The number of halogens is 2. The maximum absolute atomic E-state index is 4.93. The first kappa shape index (κ1) is 22.1. The van der Waals surface area contributed by atoms with E-state index in [4.69, 9.17) is 17.0 Å². The molecule has 138 valence electrons. The third kappa shape index (κ3) is 4.78. The van der Waals surface area contributed by atoms with Crippen LogP contribution in [0.4, 0.5) is 0 Å². The van der Waals surface area contributed by atoms with Crippen LogP contribution in [0.25, 0.3) is 0 Å². The van der Waals surface area contributed by atoms with Crippen LogP contribution < -0.4 is 0 Å². The summed E-state index contributed by atoms with van der Waals surface area (Å²) in [5.41, 5.74) is 2.76. The molecule has 27 heavy (non-hydrogen) atoms. The second kappa shape index (κ2) is 9.95. The van der Waals surface area contributed by atoms with Crippen molar-refractivity contribution in [2.75, 3.05) is 0 Å². The summed E-state index contributed by atoms with van der Waals surface area (Å²) in [5.74, 6) is 11.6. The molecule has 0 N–H and O–H groups in total. The predicted octanol–water partition coefficient (Wildman–Crippen LogP) is 7.25. The van der Waals surface area contributed by atoms with E-state index in [2.05, 4.69) is 77.0 Å². The van der Waals surface area contributed by atoms with Gasteiger partial charge in [-0.05, 0) is 63.2 Å². The van der Waals surface area contributed by atoms with Crippen LogP contribution in [0.3, 0.4) is 0 Å². The Bertz CT molecular complexity index is 578. The summed E-state index contributed by atoms with van der Waals surface area (Å²) in [4.78, 5) is 0. The molecule has 0 nitrogen and oxygen atoms in total. The normalized spacial score (nSPS) is 25.9. The van der Waals surface area contributed by atoms with Gasteiger partial charge in [-0.3, -0.25) is 0 Å². The fourth-order valence-corrected chi connectivity index (χ4v) is 4.22. The van der Waals surface area contributed by atoms with E-state index in [0.717, 1.165) is 12.8 Å². The van der Waals surface area contributed by atoms with Crippen molar-refractivity contribution in [3.8, 4) is 0 Å². The topological polar surface area (TPSA) is 0 Å². The molecular formula is C24H24Cl2Zr. The van der Waals surface area contributed by atoms with Gasteiger partial charge in [-0.15, -0.1) is 0 Å². The third-order valence-electron chi connectivity index (χ3n) is 5.60. The zero-order chi connectivity index (χ0) is 19.6. The molecule has 0 unspecified atom stereocenters. The molecule has 10 radical (unpaired) electrons. The number of hydrogen-bond acceptors (Lipinski definition) is 0. The standard InChI is InChI=1S/C24H24.2ClH.Zr/c1-15-7-5-9-21-19(17(3)13-23(15)21)11-12-20-18(4)14-24-16(2)8-6-10-22(20)24;;;/h5-10,13-14H,11-12H2,1-4H3;2*1H;/q;;;+2/p-2. The van der Waals surface area contributed by atoms with Crippen LogP contribution in [0.1, 0.15) is 40.5 Å². The predicted molar refractivity (Wildman–Crippen MR) is 113 cm³/mol. The molecule has 2 fully saturated rings. The van der Waals surface area contributed by atoms with Crippen LogP contribution >= 0.6 is 17.0 Å². The Morgan fingerprint density at radius 2 is 1.04 bits per heavy atom. The molecule has 0 amide bonds. The molecule has 4 rings (SSSR count). The molecule has 4 aliphatic rings. The molecule has 3 heteroatoms. The van der Waals surface area contributed by atoms with Crippen LogP contribution in [0, 0.1) is 60.2 Å². The van der Waals surface area contributed by atoms with E-state index in [1.165, 1.54) is 58.5 Å². The summed E-state index contributed by atoms with van der Waals surface area (Å²) in [5, 5.41) is 0. The van der Waals surface area contributed by atoms with Crippen molar-refractivity contribution in [1.29, 1.82) is 0 Å². The maximum atomic E-state index is 4.93. The molecule has 0 aromatic rings. The fourth-order valence-electron chi connectivity index (χ4n) is 4.22. The minimum atomic E-state index is -0.826. The van der Waals surface area contributed by atoms with Gasteiger partial charge in [-0.2, -0.15) is 0 Å². The van der Waals surface area contributed by atoms with Gasteiger partial charge in [0.05, 0.1) is 0 Å². The Hall–Kier alpha value is 0.423. The first-order valence-corrected chi connectivity index (χ1v) is 15.6. The van der Waals surface area contributed by atoms with E-state index in [1.54, 1.807) is 0 Å². The van der Waals surface area contributed by atoms with Crippen molar-refractivity contribution in [3.63, 3.8) is 0 Å². The van der Waals surface area contributed by atoms with Gasteiger partial charge < -0.3 is 0 Å². The molecule has 0 heterocycles. The SMILES string of the molecule is C[C]1[CH][C]2[C](C=CC=C2C)[C]1CC[C]1[C](C)[CH][C]2[C]1C=CC=C2C.[Cl][Zr][Cl]. The molecule has 0 spiro atoms. The van der Waals surface area contributed by atoms with Crippen LogP contribution in [-0.4, -0.2) is 0 Å². The van der Waals surface area contributed by atoms with E-state index >= 15 is 0 Å². The van der Waals surface area contributed by atoms with Gasteiger partial charge in [0.15, 0.2) is 0 Å².